The molecule has 0 radical (unpaired) electrons. The number of methoxy groups -OCH3 is 1. The van der Waals surface area contributed by atoms with Gasteiger partial charge in [-0.2, -0.15) is 0 Å². The molecular formula is C18H17N3O2. The summed E-state index contributed by atoms with van der Waals surface area (Å²) >= 11 is 0. The number of nitrogens with one attached hydrogen (secondary N) is 2. The molecule has 0 atom stereocenters. The number of fused-ring (bicyclic) bond motifs is 1. The van der Waals surface area contributed by atoms with E-state index in [0.717, 1.165) is 40.8 Å². The number of nitrogens with zero attached hydrogens (tertiary/aromatic N) is 1. The van der Waals surface area contributed by atoms with E-state index in [1.165, 1.54) is 0 Å². The number of pyridine rings is 1. The minimum Gasteiger partial charge on any atom is -0.496 e. The quantitative estimate of drug-likeness (QED) is 0.774. The summed E-state index contributed by atoms with van der Waals surface area (Å²) < 4.78 is 5.44. The fourth-order valence-corrected chi connectivity index (χ4v) is 2.74. The Labute approximate surface area is 133 Å². The summed E-state index contributed by atoms with van der Waals surface area (Å²) in [7, 11) is 1.66. The maximum absolute atomic E-state index is 11.8. The Hall–Kier alpha value is -2.82. The number of amides is 1. The average molecular weight is 307 g/mol. The van der Waals surface area contributed by atoms with Crippen LogP contribution >= 0.6 is 0 Å². The molecule has 1 aliphatic carbocycles. The van der Waals surface area contributed by atoms with Crippen LogP contribution in [0.2, 0.25) is 0 Å². The van der Waals surface area contributed by atoms with Crippen molar-refractivity contribution in [3.63, 3.8) is 0 Å². The predicted octanol–water partition coefficient (Wildman–Crippen LogP) is 3.59. The summed E-state index contributed by atoms with van der Waals surface area (Å²) in [5, 5.41) is 3.87. The number of benzene rings is 1. The van der Waals surface area contributed by atoms with E-state index in [9.17, 15) is 4.79 Å². The molecule has 0 spiro atoms. The molecule has 5 nitrogen and oxygen atoms in total. The molecule has 0 bridgehead atoms. The second-order valence-corrected chi connectivity index (χ2v) is 5.76. The first-order valence-electron chi connectivity index (χ1n) is 7.68. The zero-order valence-corrected chi connectivity index (χ0v) is 12.8. The second kappa shape index (κ2) is 5.43. The highest BCUT2D eigenvalue weighted by Gasteiger charge is 2.29. The van der Waals surface area contributed by atoms with Crippen LogP contribution in [-0.4, -0.2) is 23.0 Å². The normalized spacial score (nSPS) is 14.0. The lowest BCUT2D eigenvalue weighted by molar-refractivity contribution is -0.117. The predicted molar refractivity (Wildman–Crippen MR) is 89.4 cm³/mol. The number of anilines is 1. The number of rotatable bonds is 4. The molecule has 0 unspecified atom stereocenters. The minimum atomic E-state index is 0.0633. The molecule has 4 rings (SSSR count). The summed E-state index contributed by atoms with van der Waals surface area (Å²) in [6, 6.07) is 11.7. The van der Waals surface area contributed by atoms with E-state index in [-0.39, 0.29) is 11.8 Å². The number of hydrogen-bond donors (Lipinski definition) is 2. The van der Waals surface area contributed by atoms with Crippen molar-refractivity contribution in [2.75, 3.05) is 12.4 Å². The molecule has 2 heterocycles. The van der Waals surface area contributed by atoms with Crippen LogP contribution in [0, 0.1) is 5.92 Å². The molecule has 1 fully saturated rings. The lowest BCUT2D eigenvalue weighted by Gasteiger charge is -2.07. The second-order valence-electron chi connectivity index (χ2n) is 5.76. The Kier molecular flexibility index (Phi) is 3.26. The molecule has 116 valence electrons. The lowest BCUT2D eigenvalue weighted by Crippen LogP contribution is -2.14. The van der Waals surface area contributed by atoms with Crippen LogP contribution in [0.5, 0.6) is 5.75 Å². The fraction of sp³-hybridized carbons (Fsp3) is 0.222. The van der Waals surface area contributed by atoms with Gasteiger partial charge >= 0.3 is 0 Å². The van der Waals surface area contributed by atoms with Gasteiger partial charge in [-0.1, -0.05) is 18.2 Å². The number of aromatic nitrogens is 2. The molecule has 1 aliphatic rings. The Morgan fingerprint density at radius 2 is 2.04 bits per heavy atom. The van der Waals surface area contributed by atoms with Crippen molar-refractivity contribution in [3.8, 4) is 16.9 Å². The Bertz CT molecular complexity index is 881. The van der Waals surface area contributed by atoms with Gasteiger partial charge in [-0.15, -0.1) is 0 Å². The number of aromatic amines is 1. The topological polar surface area (TPSA) is 67.0 Å². The number of carbonyl (C=O) groups is 1. The molecule has 0 aliphatic heterocycles. The van der Waals surface area contributed by atoms with E-state index in [1.54, 1.807) is 7.11 Å². The Balaban J connectivity index is 1.71. The van der Waals surface area contributed by atoms with E-state index < -0.39 is 0 Å². The average Bonchev–Trinajstić information content (AvgIpc) is 3.35. The van der Waals surface area contributed by atoms with Crippen molar-refractivity contribution in [1.29, 1.82) is 0 Å². The highest BCUT2D eigenvalue weighted by molar-refractivity contribution is 5.98. The molecular weight excluding hydrogens is 290 g/mol. The van der Waals surface area contributed by atoms with Gasteiger partial charge in [-0.25, -0.2) is 4.98 Å². The minimum absolute atomic E-state index is 0.0633. The fourth-order valence-electron chi connectivity index (χ4n) is 2.74. The van der Waals surface area contributed by atoms with Crippen LogP contribution in [0.3, 0.4) is 0 Å². The summed E-state index contributed by atoms with van der Waals surface area (Å²) in [5.41, 5.74) is 2.79. The third-order valence-electron chi connectivity index (χ3n) is 4.14. The van der Waals surface area contributed by atoms with E-state index in [2.05, 4.69) is 15.3 Å². The number of hydrogen-bond acceptors (Lipinski definition) is 3. The standard InChI is InChI=1S/C18H17N3O2/c1-23-15-5-3-2-4-12(15)14-10-19-17-13(14)8-9-16(20-17)21-18(22)11-6-7-11/h2-5,8-11H,6-7H2,1H3,(H2,19,20,21,22). The van der Waals surface area contributed by atoms with Crippen LogP contribution in [0.15, 0.2) is 42.6 Å². The summed E-state index contributed by atoms with van der Waals surface area (Å²) in [4.78, 5) is 19.5. The van der Waals surface area contributed by atoms with Gasteiger partial charge in [0.2, 0.25) is 5.91 Å². The first-order chi connectivity index (χ1) is 11.3. The zero-order chi connectivity index (χ0) is 15.8. The Morgan fingerprint density at radius 1 is 1.22 bits per heavy atom. The highest BCUT2D eigenvalue weighted by Crippen LogP contribution is 2.35. The van der Waals surface area contributed by atoms with Gasteiger partial charge in [-0.05, 0) is 31.0 Å². The third-order valence-corrected chi connectivity index (χ3v) is 4.14. The van der Waals surface area contributed by atoms with Gasteiger partial charge in [0.1, 0.15) is 17.2 Å². The van der Waals surface area contributed by atoms with Gasteiger partial charge in [0.15, 0.2) is 0 Å². The van der Waals surface area contributed by atoms with Crippen LogP contribution in [0.1, 0.15) is 12.8 Å². The summed E-state index contributed by atoms with van der Waals surface area (Å²) in [6.45, 7) is 0. The van der Waals surface area contributed by atoms with E-state index >= 15 is 0 Å². The maximum Gasteiger partial charge on any atom is 0.228 e. The van der Waals surface area contributed by atoms with Gasteiger partial charge in [0, 0.05) is 28.6 Å². The first kappa shape index (κ1) is 13.8. The highest BCUT2D eigenvalue weighted by atomic mass is 16.5. The van der Waals surface area contributed by atoms with Crippen molar-refractivity contribution < 1.29 is 9.53 Å². The van der Waals surface area contributed by atoms with Gasteiger partial charge in [0.05, 0.1) is 7.11 Å². The molecule has 23 heavy (non-hydrogen) atoms. The molecule has 2 N–H and O–H groups in total. The summed E-state index contributed by atoms with van der Waals surface area (Å²) in [6.07, 6.45) is 3.88. The lowest BCUT2D eigenvalue weighted by atomic mass is 10.0. The molecule has 3 aromatic rings. The number of H-pyrrole nitrogens is 1. The van der Waals surface area contributed by atoms with Crippen LogP contribution in [-0.2, 0) is 4.79 Å². The van der Waals surface area contributed by atoms with Crippen molar-refractivity contribution in [3.05, 3.63) is 42.6 Å². The molecule has 1 aromatic carbocycles. The van der Waals surface area contributed by atoms with Gasteiger partial charge < -0.3 is 15.0 Å². The molecule has 1 amide bonds. The van der Waals surface area contributed by atoms with E-state index in [4.69, 9.17) is 4.74 Å². The Morgan fingerprint density at radius 3 is 2.83 bits per heavy atom. The van der Waals surface area contributed by atoms with Crippen molar-refractivity contribution in [1.82, 2.24) is 9.97 Å². The number of para-hydroxylation sites is 1. The van der Waals surface area contributed by atoms with E-state index in [0.29, 0.717) is 5.82 Å². The molecule has 0 saturated heterocycles. The van der Waals surface area contributed by atoms with Gasteiger partial charge in [-0.3, -0.25) is 4.79 Å². The van der Waals surface area contributed by atoms with Crippen LogP contribution in [0.25, 0.3) is 22.2 Å². The number of carbonyl (C=O) groups excluding carboxylic acids is 1. The molecule has 1 saturated carbocycles. The molecule has 2 aromatic heterocycles. The largest absolute Gasteiger partial charge is 0.496 e. The smallest absolute Gasteiger partial charge is 0.228 e. The maximum atomic E-state index is 11.8. The van der Waals surface area contributed by atoms with Gasteiger partial charge in [0.25, 0.3) is 0 Å². The summed E-state index contributed by atoms with van der Waals surface area (Å²) in [5.74, 6) is 1.64. The monoisotopic (exact) mass is 307 g/mol. The van der Waals surface area contributed by atoms with Crippen molar-refractivity contribution in [2.45, 2.75) is 12.8 Å². The van der Waals surface area contributed by atoms with Crippen LogP contribution < -0.4 is 10.1 Å². The zero-order valence-electron chi connectivity index (χ0n) is 12.8. The van der Waals surface area contributed by atoms with Crippen molar-refractivity contribution in [2.24, 2.45) is 5.92 Å². The van der Waals surface area contributed by atoms with Crippen molar-refractivity contribution >= 4 is 22.8 Å². The van der Waals surface area contributed by atoms with E-state index in [1.807, 2.05) is 42.6 Å². The SMILES string of the molecule is COc1ccccc1-c1c[nH]c2nc(NC(=O)C3CC3)ccc12. The molecule has 5 heteroatoms. The number of ether oxygens (including phenoxy) is 1. The van der Waals surface area contributed by atoms with Crippen LogP contribution in [0.4, 0.5) is 5.82 Å². The third kappa shape index (κ3) is 2.54. The first-order valence-corrected chi connectivity index (χ1v) is 7.68.